The number of ketones is 1. The third kappa shape index (κ3) is 4.73. The van der Waals surface area contributed by atoms with Crippen LogP contribution in [0.1, 0.15) is 61.5 Å². The average molecular weight is 280 g/mol. The smallest absolute Gasteiger partial charge is 0.172 e. The van der Waals surface area contributed by atoms with Crippen molar-refractivity contribution >= 4 is 17.1 Å². The Morgan fingerprint density at radius 1 is 1.47 bits per heavy atom. The molecule has 1 aliphatic carbocycles. The monoisotopic (exact) mass is 280 g/mol. The van der Waals surface area contributed by atoms with E-state index >= 15 is 0 Å². The molecular formula is C16H24O2S. The van der Waals surface area contributed by atoms with Crippen molar-refractivity contribution < 1.29 is 9.53 Å². The van der Waals surface area contributed by atoms with E-state index in [1.165, 1.54) is 43.4 Å². The summed E-state index contributed by atoms with van der Waals surface area (Å²) in [5, 5.41) is 1.96. The maximum atomic E-state index is 11.8. The highest BCUT2D eigenvalue weighted by molar-refractivity contribution is 7.12. The lowest BCUT2D eigenvalue weighted by Gasteiger charge is -2.28. The highest BCUT2D eigenvalue weighted by Gasteiger charge is 2.21. The Labute approximate surface area is 120 Å². The van der Waals surface area contributed by atoms with E-state index in [-0.39, 0.29) is 5.78 Å². The molecule has 1 fully saturated rings. The average Bonchev–Trinajstić information content (AvgIpc) is 2.98. The number of carbonyl (C=O) groups excluding carboxylic acids is 1. The molecule has 0 radical (unpaired) electrons. The molecule has 1 saturated carbocycles. The van der Waals surface area contributed by atoms with Crippen LogP contribution in [0.5, 0.6) is 0 Å². The standard InChI is InChI=1S/C16H24O2S/c1-2-13-6-3-7-14(12-13)18-10-4-8-15(17)16-9-5-11-19-16/h5,9,11,13-14H,2-4,6-8,10,12H2,1H3. The van der Waals surface area contributed by atoms with E-state index in [9.17, 15) is 4.79 Å². The molecule has 19 heavy (non-hydrogen) atoms. The largest absolute Gasteiger partial charge is 0.378 e. The van der Waals surface area contributed by atoms with Gasteiger partial charge in [0.15, 0.2) is 5.78 Å². The molecule has 1 heterocycles. The number of hydrogen-bond donors (Lipinski definition) is 0. The third-order valence-corrected chi connectivity index (χ3v) is 4.92. The fourth-order valence-electron chi connectivity index (χ4n) is 2.81. The molecule has 2 unspecified atom stereocenters. The van der Waals surface area contributed by atoms with Gasteiger partial charge in [-0.1, -0.05) is 32.3 Å². The van der Waals surface area contributed by atoms with Crippen molar-refractivity contribution in [2.75, 3.05) is 6.61 Å². The van der Waals surface area contributed by atoms with Crippen LogP contribution in [-0.2, 0) is 4.74 Å². The summed E-state index contributed by atoms with van der Waals surface area (Å²) in [4.78, 5) is 12.7. The molecule has 106 valence electrons. The van der Waals surface area contributed by atoms with E-state index in [4.69, 9.17) is 4.74 Å². The maximum Gasteiger partial charge on any atom is 0.172 e. The summed E-state index contributed by atoms with van der Waals surface area (Å²) in [6.45, 7) is 3.00. The topological polar surface area (TPSA) is 26.3 Å². The van der Waals surface area contributed by atoms with Crippen LogP contribution in [0.3, 0.4) is 0 Å². The second-order valence-electron chi connectivity index (χ2n) is 5.44. The van der Waals surface area contributed by atoms with Crippen LogP contribution in [0.4, 0.5) is 0 Å². The van der Waals surface area contributed by atoms with E-state index in [2.05, 4.69) is 6.92 Å². The van der Waals surface area contributed by atoms with E-state index in [1.807, 2.05) is 17.5 Å². The van der Waals surface area contributed by atoms with Gasteiger partial charge in [0.25, 0.3) is 0 Å². The van der Waals surface area contributed by atoms with Crippen LogP contribution in [0.15, 0.2) is 17.5 Å². The number of carbonyl (C=O) groups is 1. The normalized spacial score (nSPS) is 23.4. The minimum atomic E-state index is 0.258. The van der Waals surface area contributed by atoms with Crippen molar-refractivity contribution in [2.45, 2.75) is 58.0 Å². The van der Waals surface area contributed by atoms with E-state index in [0.29, 0.717) is 12.5 Å². The molecule has 1 aromatic rings. The van der Waals surface area contributed by atoms with Crippen LogP contribution >= 0.6 is 11.3 Å². The van der Waals surface area contributed by atoms with Crippen molar-refractivity contribution in [1.29, 1.82) is 0 Å². The molecule has 0 bridgehead atoms. The predicted octanol–water partition coefficient (Wildman–Crippen LogP) is 4.70. The van der Waals surface area contributed by atoms with Gasteiger partial charge in [-0.2, -0.15) is 0 Å². The number of ether oxygens (including phenoxy) is 1. The highest BCUT2D eigenvalue weighted by atomic mass is 32.1. The molecule has 0 spiro atoms. The molecule has 1 aromatic heterocycles. The van der Waals surface area contributed by atoms with Crippen molar-refractivity contribution in [3.8, 4) is 0 Å². The second-order valence-corrected chi connectivity index (χ2v) is 6.39. The predicted molar refractivity (Wildman–Crippen MR) is 79.9 cm³/mol. The Kier molecular flexibility index (Phi) is 6.05. The second kappa shape index (κ2) is 7.81. The first kappa shape index (κ1) is 14.7. The maximum absolute atomic E-state index is 11.8. The lowest BCUT2D eigenvalue weighted by atomic mass is 9.85. The third-order valence-electron chi connectivity index (χ3n) is 4.01. The van der Waals surface area contributed by atoms with Crippen LogP contribution in [-0.4, -0.2) is 18.5 Å². The summed E-state index contributed by atoms with van der Waals surface area (Å²) < 4.78 is 5.93. The Balaban J connectivity index is 1.60. The highest BCUT2D eigenvalue weighted by Crippen LogP contribution is 2.28. The van der Waals surface area contributed by atoms with Crippen molar-refractivity contribution in [1.82, 2.24) is 0 Å². The summed E-state index contributed by atoms with van der Waals surface area (Å²) in [5.41, 5.74) is 0. The quantitative estimate of drug-likeness (QED) is 0.534. The zero-order valence-electron chi connectivity index (χ0n) is 11.8. The molecule has 1 aliphatic rings. The minimum absolute atomic E-state index is 0.258. The number of rotatable bonds is 7. The molecular weight excluding hydrogens is 256 g/mol. The molecule has 2 nitrogen and oxygen atoms in total. The zero-order chi connectivity index (χ0) is 13.5. The van der Waals surface area contributed by atoms with Gasteiger partial charge in [0.1, 0.15) is 0 Å². The lowest BCUT2D eigenvalue weighted by molar-refractivity contribution is 0.0110. The van der Waals surface area contributed by atoms with Gasteiger partial charge in [0.2, 0.25) is 0 Å². The van der Waals surface area contributed by atoms with Crippen molar-refractivity contribution in [3.05, 3.63) is 22.4 Å². The van der Waals surface area contributed by atoms with E-state index in [0.717, 1.165) is 23.8 Å². The first-order chi connectivity index (χ1) is 9.29. The van der Waals surface area contributed by atoms with Gasteiger partial charge in [-0.3, -0.25) is 4.79 Å². The summed E-state index contributed by atoms with van der Waals surface area (Å²) in [6.07, 6.45) is 8.27. The van der Waals surface area contributed by atoms with Gasteiger partial charge >= 0.3 is 0 Å². The fraction of sp³-hybridized carbons (Fsp3) is 0.688. The summed E-state index contributed by atoms with van der Waals surface area (Å²) >= 11 is 1.53. The molecule has 3 heteroatoms. The van der Waals surface area contributed by atoms with Crippen LogP contribution in [0.2, 0.25) is 0 Å². The van der Waals surface area contributed by atoms with Gasteiger partial charge in [0.05, 0.1) is 11.0 Å². The molecule has 0 saturated heterocycles. The molecule has 0 N–H and O–H groups in total. The Hall–Kier alpha value is -0.670. The Morgan fingerprint density at radius 2 is 2.37 bits per heavy atom. The van der Waals surface area contributed by atoms with Gasteiger partial charge in [-0.25, -0.2) is 0 Å². The first-order valence-corrected chi connectivity index (χ1v) is 8.36. The van der Waals surface area contributed by atoms with E-state index in [1.54, 1.807) is 0 Å². The van der Waals surface area contributed by atoms with Crippen molar-refractivity contribution in [2.24, 2.45) is 5.92 Å². The summed E-state index contributed by atoms with van der Waals surface area (Å²) in [7, 11) is 0. The SMILES string of the molecule is CCC1CCCC(OCCCC(=O)c2cccs2)C1. The zero-order valence-corrected chi connectivity index (χ0v) is 12.6. The van der Waals surface area contributed by atoms with Crippen LogP contribution in [0, 0.1) is 5.92 Å². The molecule has 2 rings (SSSR count). The number of hydrogen-bond acceptors (Lipinski definition) is 3. The number of Topliss-reactive ketones (excluding diaryl/α,β-unsaturated/α-hetero) is 1. The molecule has 0 aliphatic heterocycles. The molecule has 0 aromatic carbocycles. The Bertz CT molecular complexity index is 372. The fourth-order valence-corrected chi connectivity index (χ4v) is 3.50. The summed E-state index contributed by atoms with van der Waals surface area (Å²) in [6, 6.07) is 3.84. The van der Waals surface area contributed by atoms with Crippen LogP contribution < -0.4 is 0 Å². The molecule has 2 atom stereocenters. The van der Waals surface area contributed by atoms with Gasteiger partial charge in [-0.15, -0.1) is 11.3 Å². The lowest BCUT2D eigenvalue weighted by Crippen LogP contribution is -2.23. The Morgan fingerprint density at radius 3 is 3.11 bits per heavy atom. The van der Waals surface area contributed by atoms with Gasteiger partial charge in [0, 0.05) is 13.0 Å². The minimum Gasteiger partial charge on any atom is -0.378 e. The van der Waals surface area contributed by atoms with Crippen LogP contribution in [0.25, 0.3) is 0 Å². The summed E-state index contributed by atoms with van der Waals surface area (Å²) in [5.74, 6) is 1.11. The number of thiophene rings is 1. The van der Waals surface area contributed by atoms with Gasteiger partial charge < -0.3 is 4.74 Å². The first-order valence-electron chi connectivity index (χ1n) is 7.48. The van der Waals surface area contributed by atoms with Gasteiger partial charge in [-0.05, 0) is 36.6 Å². The van der Waals surface area contributed by atoms with Crippen molar-refractivity contribution in [3.63, 3.8) is 0 Å². The molecule has 0 amide bonds. The van der Waals surface area contributed by atoms with E-state index < -0.39 is 0 Å².